The molecule has 0 bridgehead atoms. The lowest BCUT2D eigenvalue weighted by molar-refractivity contribution is 0.0942. The van der Waals surface area contributed by atoms with Crippen molar-refractivity contribution in [2.45, 2.75) is 19.4 Å². The van der Waals surface area contributed by atoms with E-state index >= 15 is 0 Å². The van der Waals surface area contributed by atoms with Crippen LogP contribution in [-0.2, 0) is 0 Å². The predicted molar refractivity (Wildman–Crippen MR) is 50.9 cm³/mol. The summed E-state index contributed by atoms with van der Waals surface area (Å²) in [7, 11) is 0. The van der Waals surface area contributed by atoms with E-state index in [1.165, 1.54) is 0 Å². The number of carbonyl (C=O) groups is 1. The van der Waals surface area contributed by atoms with E-state index in [1.54, 1.807) is 6.92 Å². The maximum Gasteiger partial charge on any atom is 0.292 e. The Balaban J connectivity index is 2.67. The highest BCUT2D eigenvalue weighted by Gasteiger charge is 2.18. The Hall–Kier alpha value is -1.47. The fourth-order valence-electron chi connectivity index (χ4n) is 0.984. The van der Waals surface area contributed by atoms with Crippen molar-refractivity contribution in [3.63, 3.8) is 0 Å². The molecular weight excluding hydrogens is 200 g/mol. The van der Waals surface area contributed by atoms with Crippen LogP contribution < -0.4 is 11.1 Å². The van der Waals surface area contributed by atoms with Crippen molar-refractivity contribution >= 4 is 5.91 Å². The van der Waals surface area contributed by atoms with Gasteiger partial charge in [-0.1, -0.05) is 5.16 Å². The minimum Gasteiger partial charge on any atom is -0.383 e. The molecule has 4 N–H and O–H groups in total. The number of hydrogen-bond donors (Lipinski definition) is 3. The summed E-state index contributed by atoms with van der Waals surface area (Å²) in [4.78, 5) is 15.0. The third-order valence-corrected chi connectivity index (χ3v) is 1.71. The first kappa shape index (κ1) is 11.6. The van der Waals surface area contributed by atoms with Gasteiger partial charge in [0, 0.05) is 6.54 Å². The van der Waals surface area contributed by atoms with Gasteiger partial charge in [-0.15, -0.1) is 0 Å². The van der Waals surface area contributed by atoms with E-state index in [9.17, 15) is 9.90 Å². The number of nitrogens with two attached hydrogens (primary N) is 1. The molecule has 0 aromatic carbocycles. The van der Waals surface area contributed by atoms with Gasteiger partial charge in [0.2, 0.25) is 0 Å². The number of carbonyl (C=O) groups excluding carboxylic acids is 1. The molecule has 0 radical (unpaired) electrons. The van der Waals surface area contributed by atoms with Crippen LogP contribution in [-0.4, -0.2) is 34.2 Å². The quantitative estimate of drug-likeness (QED) is 0.591. The molecule has 0 unspecified atom stereocenters. The van der Waals surface area contributed by atoms with Crippen molar-refractivity contribution < 1.29 is 14.4 Å². The average molecular weight is 214 g/mol. The molecule has 84 valence electrons. The van der Waals surface area contributed by atoms with Crippen LogP contribution in [0.15, 0.2) is 4.52 Å². The Morgan fingerprint density at radius 1 is 1.73 bits per heavy atom. The largest absolute Gasteiger partial charge is 0.383 e. The van der Waals surface area contributed by atoms with Crippen molar-refractivity contribution in [2.24, 2.45) is 5.73 Å². The molecule has 0 aliphatic heterocycles. The normalized spacial score (nSPS) is 12.5. The molecule has 1 amide bonds. The van der Waals surface area contributed by atoms with Crippen LogP contribution in [0.2, 0.25) is 0 Å². The highest BCUT2D eigenvalue weighted by molar-refractivity contribution is 5.90. The minimum absolute atomic E-state index is 0.0155. The van der Waals surface area contributed by atoms with Gasteiger partial charge in [0.1, 0.15) is 6.10 Å². The van der Waals surface area contributed by atoms with Crippen molar-refractivity contribution in [2.75, 3.05) is 13.1 Å². The number of amides is 1. The summed E-state index contributed by atoms with van der Waals surface area (Å²) >= 11 is 0. The molecule has 0 fully saturated rings. The van der Waals surface area contributed by atoms with Crippen LogP contribution in [0, 0.1) is 0 Å². The molecule has 1 aromatic rings. The Morgan fingerprint density at radius 3 is 3.07 bits per heavy atom. The summed E-state index contributed by atoms with van der Waals surface area (Å²) in [5.41, 5.74) is 5.25. The zero-order chi connectivity index (χ0) is 11.3. The monoisotopic (exact) mass is 214 g/mol. The average Bonchev–Trinajstić information content (AvgIpc) is 2.67. The minimum atomic E-state index is -0.911. The molecule has 1 heterocycles. The van der Waals surface area contributed by atoms with Gasteiger partial charge >= 0.3 is 0 Å². The molecular formula is C8H14N4O3. The third kappa shape index (κ3) is 3.00. The standard InChI is InChI=1S/C8H14N4O3/c1-2-10-7(14)6-11-8(15-12-6)5(13)3-4-9/h5,13H,2-4,9H2,1H3,(H,10,14)/t5-/m0/s1. The van der Waals surface area contributed by atoms with Crippen LogP contribution in [0.3, 0.4) is 0 Å². The van der Waals surface area contributed by atoms with E-state index < -0.39 is 12.0 Å². The van der Waals surface area contributed by atoms with E-state index in [0.717, 1.165) is 0 Å². The second kappa shape index (κ2) is 5.42. The Bertz CT molecular complexity index is 325. The summed E-state index contributed by atoms with van der Waals surface area (Å²) < 4.78 is 4.72. The van der Waals surface area contributed by atoms with Gasteiger partial charge in [-0.25, -0.2) is 0 Å². The zero-order valence-electron chi connectivity index (χ0n) is 8.43. The summed E-state index contributed by atoms with van der Waals surface area (Å²) in [6.07, 6.45) is -0.595. The van der Waals surface area contributed by atoms with E-state index in [2.05, 4.69) is 15.5 Å². The van der Waals surface area contributed by atoms with Gasteiger partial charge in [0.05, 0.1) is 0 Å². The van der Waals surface area contributed by atoms with Crippen LogP contribution >= 0.6 is 0 Å². The van der Waals surface area contributed by atoms with Crippen LogP contribution in [0.4, 0.5) is 0 Å². The van der Waals surface area contributed by atoms with Gasteiger partial charge < -0.3 is 20.7 Å². The molecule has 7 heteroatoms. The van der Waals surface area contributed by atoms with Crippen LogP contribution in [0.25, 0.3) is 0 Å². The first-order valence-electron chi connectivity index (χ1n) is 4.69. The molecule has 0 spiro atoms. The highest BCUT2D eigenvalue weighted by Crippen LogP contribution is 2.12. The zero-order valence-corrected chi connectivity index (χ0v) is 8.43. The number of aliphatic hydroxyl groups excluding tert-OH is 1. The lowest BCUT2D eigenvalue weighted by atomic mass is 10.2. The Kier molecular flexibility index (Phi) is 4.19. The molecule has 1 aromatic heterocycles. The number of aromatic nitrogens is 2. The molecule has 1 rings (SSSR count). The number of rotatable bonds is 5. The van der Waals surface area contributed by atoms with Crippen molar-refractivity contribution in [1.29, 1.82) is 0 Å². The van der Waals surface area contributed by atoms with E-state index in [-0.39, 0.29) is 11.7 Å². The first-order chi connectivity index (χ1) is 7.19. The second-order valence-electron chi connectivity index (χ2n) is 2.91. The van der Waals surface area contributed by atoms with E-state index in [0.29, 0.717) is 19.5 Å². The lowest BCUT2D eigenvalue weighted by Gasteiger charge is -2.00. The highest BCUT2D eigenvalue weighted by atomic mass is 16.5. The van der Waals surface area contributed by atoms with Gasteiger partial charge in [-0.05, 0) is 19.9 Å². The fourth-order valence-corrected chi connectivity index (χ4v) is 0.984. The van der Waals surface area contributed by atoms with Gasteiger partial charge in [-0.3, -0.25) is 4.79 Å². The number of nitrogens with zero attached hydrogens (tertiary/aromatic N) is 2. The molecule has 0 saturated heterocycles. The third-order valence-electron chi connectivity index (χ3n) is 1.71. The van der Waals surface area contributed by atoms with E-state index in [4.69, 9.17) is 10.3 Å². The molecule has 0 saturated carbocycles. The summed E-state index contributed by atoms with van der Waals surface area (Å²) in [6, 6.07) is 0. The van der Waals surface area contributed by atoms with E-state index in [1.807, 2.05) is 0 Å². The molecule has 0 aliphatic rings. The number of hydrogen-bond acceptors (Lipinski definition) is 6. The SMILES string of the molecule is CCNC(=O)c1noc([C@@H](O)CCN)n1. The maximum absolute atomic E-state index is 11.2. The van der Waals surface area contributed by atoms with Crippen molar-refractivity contribution in [3.8, 4) is 0 Å². The molecule has 7 nitrogen and oxygen atoms in total. The lowest BCUT2D eigenvalue weighted by Crippen LogP contribution is -2.23. The summed E-state index contributed by atoms with van der Waals surface area (Å²) in [5.74, 6) is -0.489. The van der Waals surface area contributed by atoms with Crippen LogP contribution in [0.1, 0.15) is 36.0 Å². The smallest absolute Gasteiger partial charge is 0.292 e. The maximum atomic E-state index is 11.2. The molecule has 0 aliphatic carbocycles. The summed E-state index contributed by atoms with van der Waals surface area (Å²) in [6.45, 7) is 2.57. The fraction of sp³-hybridized carbons (Fsp3) is 0.625. The first-order valence-corrected chi connectivity index (χ1v) is 4.69. The second-order valence-corrected chi connectivity index (χ2v) is 2.91. The Labute approximate surface area is 86.7 Å². The molecule has 15 heavy (non-hydrogen) atoms. The number of aliphatic hydroxyl groups is 1. The topological polar surface area (TPSA) is 114 Å². The molecule has 1 atom stereocenters. The van der Waals surface area contributed by atoms with Crippen molar-refractivity contribution in [1.82, 2.24) is 15.5 Å². The number of nitrogens with one attached hydrogen (secondary N) is 1. The van der Waals surface area contributed by atoms with Gasteiger partial charge in [-0.2, -0.15) is 4.98 Å². The van der Waals surface area contributed by atoms with Gasteiger partial charge in [0.15, 0.2) is 0 Å². The Morgan fingerprint density at radius 2 is 2.47 bits per heavy atom. The predicted octanol–water partition coefficient (Wildman–Crippen LogP) is -0.798. The summed E-state index contributed by atoms with van der Waals surface area (Å²) in [5, 5.41) is 15.4. The van der Waals surface area contributed by atoms with Crippen molar-refractivity contribution in [3.05, 3.63) is 11.7 Å². The van der Waals surface area contributed by atoms with Crippen LogP contribution in [0.5, 0.6) is 0 Å². The van der Waals surface area contributed by atoms with Gasteiger partial charge in [0.25, 0.3) is 17.6 Å².